The van der Waals surface area contributed by atoms with Gasteiger partial charge in [-0.15, -0.1) is 11.3 Å². The zero-order valence-electron chi connectivity index (χ0n) is 11.8. The Kier molecular flexibility index (Phi) is 3.55. The minimum atomic E-state index is 0.0592. The fraction of sp³-hybridized carbons (Fsp3) is 0.188. The number of hydrogen-bond acceptors (Lipinski definition) is 5. The molecule has 0 saturated heterocycles. The van der Waals surface area contributed by atoms with E-state index in [0.717, 1.165) is 15.9 Å². The van der Waals surface area contributed by atoms with E-state index in [1.54, 1.807) is 17.4 Å². The summed E-state index contributed by atoms with van der Waals surface area (Å²) in [6.07, 6.45) is 1.87. The lowest BCUT2D eigenvalue weighted by Gasteiger charge is -2.13. The van der Waals surface area contributed by atoms with Gasteiger partial charge in [0.1, 0.15) is 10.8 Å². The molecule has 4 nitrogen and oxygen atoms in total. The molecule has 0 bridgehead atoms. The van der Waals surface area contributed by atoms with Crippen LogP contribution in [0.5, 0.6) is 0 Å². The molecule has 1 unspecified atom stereocenters. The highest BCUT2D eigenvalue weighted by Gasteiger charge is 2.11. The van der Waals surface area contributed by atoms with Crippen LogP contribution in [-0.2, 0) is 0 Å². The summed E-state index contributed by atoms with van der Waals surface area (Å²) in [5.41, 5.74) is 1.45. The molecule has 2 aromatic heterocycles. The lowest BCUT2D eigenvalue weighted by Crippen LogP contribution is -2.08. The molecule has 2 heterocycles. The minimum Gasteiger partial charge on any atom is -0.361 e. The first kappa shape index (κ1) is 13.5. The van der Waals surface area contributed by atoms with Crippen molar-refractivity contribution in [3.63, 3.8) is 0 Å². The van der Waals surface area contributed by atoms with Crippen LogP contribution in [0.15, 0.2) is 36.5 Å². The molecule has 0 spiro atoms. The van der Waals surface area contributed by atoms with Crippen LogP contribution in [0.1, 0.15) is 28.4 Å². The molecule has 104 valence electrons. The first-order valence-electron chi connectivity index (χ1n) is 6.66. The lowest BCUT2D eigenvalue weighted by molar-refractivity contribution is 0.862. The predicted octanol–water partition coefficient (Wildman–Crippen LogP) is 4.04. The van der Waals surface area contributed by atoms with Crippen molar-refractivity contribution in [2.24, 2.45) is 0 Å². The van der Waals surface area contributed by atoms with Crippen LogP contribution in [0.25, 0.3) is 10.9 Å². The van der Waals surface area contributed by atoms with Crippen LogP contribution < -0.4 is 5.32 Å². The van der Waals surface area contributed by atoms with Gasteiger partial charge in [0, 0.05) is 16.5 Å². The molecule has 1 aromatic carbocycles. The Labute approximate surface area is 127 Å². The fourth-order valence-electron chi connectivity index (χ4n) is 2.20. The predicted molar refractivity (Wildman–Crippen MR) is 85.3 cm³/mol. The van der Waals surface area contributed by atoms with Crippen LogP contribution in [0.4, 0.5) is 5.82 Å². The third kappa shape index (κ3) is 2.71. The molecule has 1 atom stereocenters. The number of pyridine rings is 1. The average molecular weight is 294 g/mol. The molecular weight excluding hydrogens is 280 g/mol. The molecule has 0 fully saturated rings. The molecule has 0 aliphatic carbocycles. The molecule has 5 heteroatoms. The van der Waals surface area contributed by atoms with Crippen molar-refractivity contribution in [1.29, 1.82) is 5.26 Å². The van der Waals surface area contributed by atoms with E-state index in [1.807, 2.05) is 44.3 Å². The number of para-hydroxylation sites is 1. The molecule has 3 rings (SSSR count). The summed E-state index contributed by atoms with van der Waals surface area (Å²) < 4.78 is 0. The highest BCUT2D eigenvalue weighted by atomic mass is 32.1. The zero-order chi connectivity index (χ0) is 14.8. The molecule has 1 N–H and O–H groups in total. The Morgan fingerprint density at radius 2 is 2.14 bits per heavy atom. The largest absolute Gasteiger partial charge is 0.361 e. The van der Waals surface area contributed by atoms with E-state index in [4.69, 9.17) is 0 Å². The zero-order valence-corrected chi connectivity index (χ0v) is 12.6. The van der Waals surface area contributed by atoms with Crippen molar-refractivity contribution in [2.75, 3.05) is 5.32 Å². The number of nitrogens with zero attached hydrogens (tertiary/aromatic N) is 3. The normalized spacial score (nSPS) is 12.0. The van der Waals surface area contributed by atoms with E-state index in [1.165, 1.54) is 4.88 Å². The van der Waals surface area contributed by atoms with Gasteiger partial charge in [0.2, 0.25) is 0 Å². The number of benzene rings is 1. The van der Waals surface area contributed by atoms with Crippen molar-refractivity contribution in [1.82, 2.24) is 9.97 Å². The van der Waals surface area contributed by atoms with Crippen molar-refractivity contribution in [3.05, 3.63) is 52.0 Å². The maximum atomic E-state index is 9.30. The number of thiazole rings is 1. The molecule has 0 amide bonds. The van der Waals surface area contributed by atoms with Gasteiger partial charge < -0.3 is 5.32 Å². The topological polar surface area (TPSA) is 61.6 Å². The maximum absolute atomic E-state index is 9.30. The van der Waals surface area contributed by atoms with E-state index in [2.05, 4.69) is 21.4 Å². The monoisotopic (exact) mass is 294 g/mol. The minimum absolute atomic E-state index is 0.0592. The summed E-state index contributed by atoms with van der Waals surface area (Å²) in [7, 11) is 0. The number of fused-ring (bicyclic) bond motifs is 1. The van der Waals surface area contributed by atoms with E-state index in [-0.39, 0.29) is 6.04 Å². The highest BCUT2D eigenvalue weighted by molar-refractivity contribution is 7.11. The van der Waals surface area contributed by atoms with Crippen molar-refractivity contribution >= 4 is 28.1 Å². The van der Waals surface area contributed by atoms with Crippen LogP contribution in [-0.4, -0.2) is 9.97 Å². The molecule has 0 saturated carbocycles. The number of hydrogen-bond donors (Lipinski definition) is 1. The summed E-state index contributed by atoms with van der Waals surface area (Å²) in [5, 5.41) is 14.5. The third-order valence-corrected chi connectivity index (χ3v) is 4.31. The first-order chi connectivity index (χ1) is 10.2. The standard InChI is InChI=1S/C16H14N4S/c1-10-9-18-16(21-10)11(2)19-15-7-12(8-17)13-5-3-4-6-14(13)20-15/h3-7,9,11H,1-2H3,(H,19,20). The van der Waals surface area contributed by atoms with Gasteiger partial charge in [0.15, 0.2) is 0 Å². The van der Waals surface area contributed by atoms with Gasteiger partial charge in [0.05, 0.1) is 23.2 Å². The quantitative estimate of drug-likeness (QED) is 0.791. The second-order valence-corrected chi connectivity index (χ2v) is 6.13. The summed E-state index contributed by atoms with van der Waals surface area (Å²) in [4.78, 5) is 10.1. The third-order valence-electron chi connectivity index (χ3n) is 3.21. The molecule has 0 aliphatic rings. The van der Waals surface area contributed by atoms with E-state index in [9.17, 15) is 5.26 Å². The average Bonchev–Trinajstić information content (AvgIpc) is 2.93. The lowest BCUT2D eigenvalue weighted by atomic mass is 10.1. The number of anilines is 1. The summed E-state index contributed by atoms with van der Waals surface area (Å²) in [5.74, 6) is 0.700. The second kappa shape index (κ2) is 5.51. The van der Waals surface area contributed by atoms with Crippen LogP contribution in [0, 0.1) is 18.3 Å². The van der Waals surface area contributed by atoms with Crippen molar-refractivity contribution in [2.45, 2.75) is 19.9 Å². The summed E-state index contributed by atoms with van der Waals surface area (Å²) in [6, 6.07) is 11.8. The maximum Gasteiger partial charge on any atom is 0.128 e. The molecule has 0 aliphatic heterocycles. The Hall–Kier alpha value is -2.45. The van der Waals surface area contributed by atoms with E-state index >= 15 is 0 Å². The van der Waals surface area contributed by atoms with Crippen LogP contribution in [0.2, 0.25) is 0 Å². The van der Waals surface area contributed by atoms with Gasteiger partial charge in [-0.05, 0) is 26.0 Å². The highest BCUT2D eigenvalue weighted by Crippen LogP contribution is 2.25. The van der Waals surface area contributed by atoms with Crippen LogP contribution >= 0.6 is 11.3 Å². The molecule has 21 heavy (non-hydrogen) atoms. The Morgan fingerprint density at radius 3 is 2.86 bits per heavy atom. The summed E-state index contributed by atoms with van der Waals surface area (Å²) >= 11 is 1.66. The van der Waals surface area contributed by atoms with Gasteiger partial charge in [-0.2, -0.15) is 5.26 Å². The molecular formula is C16H14N4S. The van der Waals surface area contributed by atoms with Gasteiger partial charge >= 0.3 is 0 Å². The van der Waals surface area contributed by atoms with Crippen LogP contribution in [0.3, 0.4) is 0 Å². The SMILES string of the molecule is Cc1cnc(C(C)Nc2cc(C#N)c3ccccc3n2)s1. The van der Waals surface area contributed by atoms with Gasteiger partial charge in [-0.1, -0.05) is 18.2 Å². The van der Waals surface area contributed by atoms with Crippen molar-refractivity contribution < 1.29 is 0 Å². The molecule has 3 aromatic rings. The van der Waals surface area contributed by atoms with Gasteiger partial charge in [-0.25, -0.2) is 9.97 Å². The molecule has 0 radical (unpaired) electrons. The smallest absolute Gasteiger partial charge is 0.128 e. The van der Waals surface area contributed by atoms with Gasteiger partial charge in [-0.3, -0.25) is 0 Å². The number of aromatic nitrogens is 2. The first-order valence-corrected chi connectivity index (χ1v) is 7.48. The van der Waals surface area contributed by atoms with Crippen molar-refractivity contribution in [3.8, 4) is 6.07 Å². The fourth-order valence-corrected chi connectivity index (χ4v) is 2.97. The number of rotatable bonds is 3. The Bertz CT molecular complexity index is 832. The Balaban J connectivity index is 1.96. The number of nitrogens with one attached hydrogen (secondary N) is 1. The second-order valence-electron chi connectivity index (χ2n) is 4.86. The number of nitriles is 1. The Morgan fingerprint density at radius 1 is 1.33 bits per heavy atom. The van der Waals surface area contributed by atoms with E-state index < -0.39 is 0 Å². The van der Waals surface area contributed by atoms with E-state index in [0.29, 0.717) is 11.4 Å². The summed E-state index contributed by atoms with van der Waals surface area (Å²) in [6.45, 7) is 4.08. The number of aryl methyl sites for hydroxylation is 1. The van der Waals surface area contributed by atoms with Gasteiger partial charge in [0.25, 0.3) is 0 Å².